The molecule has 14 heteroatoms. The van der Waals surface area contributed by atoms with Gasteiger partial charge in [0.15, 0.2) is 6.10 Å². The molecule has 0 radical (unpaired) electrons. The maximum absolute atomic E-state index is 12.1. The highest BCUT2D eigenvalue weighted by Crippen LogP contribution is 2.45. The van der Waals surface area contributed by atoms with Crippen molar-refractivity contribution in [2.24, 2.45) is 0 Å². The molecule has 0 saturated carbocycles. The summed E-state index contributed by atoms with van der Waals surface area (Å²) in [4.78, 5) is 10.6. The van der Waals surface area contributed by atoms with Gasteiger partial charge in [-0.05, 0) is 0 Å². The Hall–Kier alpha value is 0.620. The minimum absolute atomic E-state index is 2.18. The number of halogens is 8. The largest absolute Gasteiger partial charge is 0.523 e. The zero-order valence-electron chi connectivity index (χ0n) is 8.09. The molecule has 0 aromatic rings. The van der Waals surface area contributed by atoms with E-state index in [4.69, 9.17) is 63.1 Å². The molecule has 1 unspecified atom stereocenters. The lowest BCUT2D eigenvalue weighted by molar-refractivity contribution is -0.140. The number of aliphatic carboxylic acids is 1. The van der Waals surface area contributed by atoms with E-state index in [9.17, 15) is 26.4 Å². The van der Waals surface area contributed by atoms with E-state index in [0.29, 0.717) is 0 Å². The van der Waals surface area contributed by atoms with Crippen LogP contribution in [0.4, 0.5) is 13.2 Å². The van der Waals surface area contributed by atoms with Crippen molar-refractivity contribution in [2.45, 2.75) is 19.7 Å². The van der Waals surface area contributed by atoms with Crippen LogP contribution in [0.1, 0.15) is 0 Å². The predicted molar refractivity (Wildman–Crippen MR) is 62.2 cm³/mol. The normalized spacial score (nSPS) is 16.2. The second kappa shape index (κ2) is 5.78. The van der Waals surface area contributed by atoms with Gasteiger partial charge in [0, 0.05) is 0 Å². The number of carbonyl (C=O) groups is 1. The third-order valence-electron chi connectivity index (χ3n) is 1.42. The Labute approximate surface area is 129 Å². The molecule has 0 spiro atoms. The molecule has 1 atom stereocenters. The van der Waals surface area contributed by atoms with Crippen molar-refractivity contribution in [1.29, 1.82) is 0 Å². The first-order chi connectivity index (χ1) is 8.03. The summed E-state index contributed by atoms with van der Waals surface area (Å²) in [6, 6.07) is 0. The van der Waals surface area contributed by atoms with Crippen LogP contribution in [0.3, 0.4) is 0 Å². The lowest BCUT2D eigenvalue weighted by Crippen LogP contribution is -2.51. The molecule has 0 fully saturated rings. The third kappa shape index (κ3) is 4.83. The molecule has 114 valence electrons. The predicted octanol–water partition coefficient (Wildman–Crippen LogP) is 2.85. The first-order valence-electron chi connectivity index (χ1n) is 3.71. The maximum Gasteiger partial charge on any atom is 0.523 e. The topological polar surface area (TPSA) is 80.7 Å². The Morgan fingerprint density at radius 2 is 1.47 bits per heavy atom. The molecule has 0 aromatic carbocycles. The van der Waals surface area contributed by atoms with Crippen LogP contribution >= 0.6 is 58.0 Å². The fourth-order valence-corrected chi connectivity index (χ4v) is 2.91. The van der Waals surface area contributed by atoms with Crippen LogP contribution in [0.5, 0.6) is 0 Å². The summed E-state index contributed by atoms with van der Waals surface area (Å²) in [5.74, 6) is -2.18. The van der Waals surface area contributed by atoms with Gasteiger partial charge in [0.1, 0.15) is 0 Å². The molecule has 0 aliphatic heterocycles. The lowest BCUT2D eigenvalue weighted by Gasteiger charge is -2.30. The summed E-state index contributed by atoms with van der Waals surface area (Å²) in [5, 5.41) is 8.58. The third-order valence-corrected chi connectivity index (χ3v) is 3.75. The Morgan fingerprint density at radius 1 is 1.11 bits per heavy atom. The van der Waals surface area contributed by atoms with Gasteiger partial charge >= 0.3 is 21.6 Å². The van der Waals surface area contributed by atoms with Crippen molar-refractivity contribution in [1.82, 2.24) is 0 Å². The van der Waals surface area contributed by atoms with Crippen LogP contribution in [0.25, 0.3) is 0 Å². The number of rotatable bonds is 4. The van der Waals surface area contributed by atoms with Crippen LogP contribution in [0.15, 0.2) is 0 Å². The van der Waals surface area contributed by atoms with Crippen molar-refractivity contribution in [3.8, 4) is 0 Å². The Balaban J connectivity index is 5.67. The summed E-state index contributed by atoms with van der Waals surface area (Å²) in [6.45, 7) is 0. The van der Waals surface area contributed by atoms with Gasteiger partial charge in [-0.15, -0.1) is 0 Å². The number of carboxylic acid groups (broad SMARTS) is 1. The second-order valence-electron chi connectivity index (χ2n) is 2.85. The van der Waals surface area contributed by atoms with E-state index in [-0.39, 0.29) is 0 Å². The molecule has 0 aromatic heterocycles. The van der Waals surface area contributed by atoms with Gasteiger partial charge < -0.3 is 5.11 Å². The fourth-order valence-electron chi connectivity index (χ4n) is 0.614. The molecule has 19 heavy (non-hydrogen) atoms. The van der Waals surface area contributed by atoms with Crippen LogP contribution in [-0.4, -0.2) is 39.2 Å². The number of carboxylic acids is 1. The zero-order chi connectivity index (χ0) is 15.9. The number of alkyl halides is 8. The molecule has 0 saturated heterocycles. The van der Waals surface area contributed by atoms with Crippen LogP contribution in [0, 0.1) is 0 Å². The molecule has 0 amide bonds. The zero-order valence-corrected chi connectivity index (χ0v) is 12.7. The van der Waals surface area contributed by atoms with Gasteiger partial charge in [0.05, 0.1) is 0 Å². The van der Waals surface area contributed by atoms with Crippen LogP contribution < -0.4 is 0 Å². The van der Waals surface area contributed by atoms with Gasteiger partial charge in [-0.1, -0.05) is 58.0 Å². The van der Waals surface area contributed by atoms with Gasteiger partial charge in [0.25, 0.3) is 0 Å². The summed E-state index contributed by atoms with van der Waals surface area (Å²) in [7, 11) is -6.28. The Bertz CT molecular complexity index is 455. The standard InChI is InChI=1S/C5H2Cl5F3O5S/c6-3(7,2(14)15)1(4(8,9)10)18-19(16,17)5(11,12)13/h1H,(H,14,15). The number of hydrogen-bond donors (Lipinski definition) is 1. The summed E-state index contributed by atoms with van der Waals surface area (Å²) < 4.78 is 55.0. The Morgan fingerprint density at radius 3 is 1.68 bits per heavy atom. The van der Waals surface area contributed by atoms with E-state index in [1.165, 1.54) is 0 Å². The van der Waals surface area contributed by atoms with E-state index in [0.717, 1.165) is 0 Å². The summed E-state index contributed by atoms with van der Waals surface area (Å²) >= 11 is 25.6. The van der Waals surface area contributed by atoms with Crippen LogP contribution in [-0.2, 0) is 19.1 Å². The lowest BCUT2D eigenvalue weighted by atomic mass is 10.2. The second-order valence-corrected chi connectivity index (χ2v) is 8.16. The molecule has 0 rings (SSSR count). The van der Waals surface area contributed by atoms with Crippen molar-refractivity contribution in [3.63, 3.8) is 0 Å². The fraction of sp³-hybridized carbons (Fsp3) is 0.800. The van der Waals surface area contributed by atoms with Gasteiger partial charge in [0.2, 0.25) is 8.13 Å². The molecule has 0 aliphatic carbocycles. The maximum atomic E-state index is 12.1. The number of hydrogen-bond acceptors (Lipinski definition) is 4. The minimum atomic E-state index is -6.28. The average molecular weight is 408 g/mol. The Kier molecular flexibility index (Phi) is 5.97. The summed E-state index contributed by atoms with van der Waals surface area (Å²) in [5.41, 5.74) is -5.89. The van der Waals surface area contributed by atoms with Gasteiger partial charge in [-0.25, -0.2) is 4.79 Å². The van der Waals surface area contributed by atoms with E-state index >= 15 is 0 Å². The van der Waals surface area contributed by atoms with Crippen molar-refractivity contribution >= 4 is 74.1 Å². The van der Waals surface area contributed by atoms with Gasteiger partial charge in [-0.2, -0.15) is 21.6 Å². The minimum Gasteiger partial charge on any atom is -0.479 e. The monoisotopic (exact) mass is 406 g/mol. The first kappa shape index (κ1) is 19.6. The highest BCUT2D eigenvalue weighted by Gasteiger charge is 2.59. The van der Waals surface area contributed by atoms with Crippen molar-refractivity contribution in [3.05, 3.63) is 0 Å². The molecule has 0 aliphatic rings. The first-order valence-corrected chi connectivity index (χ1v) is 7.00. The quantitative estimate of drug-likeness (QED) is 0.440. The molecular weight excluding hydrogens is 406 g/mol. The molecular formula is C5H2Cl5F3O5S. The van der Waals surface area contributed by atoms with E-state index in [1.54, 1.807) is 0 Å². The molecule has 0 bridgehead atoms. The van der Waals surface area contributed by atoms with E-state index in [1.807, 2.05) is 0 Å². The highest BCUT2D eigenvalue weighted by molar-refractivity contribution is 7.87. The summed E-state index contributed by atoms with van der Waals surface area (Å²) in [6.07, 6.45) is -2.85. The van der Waals surface area contributed by atoms with Crippen LogP contribution in [0.2, 0.25) is 0 Å². The van der Waals surface area contributed by atoms with E-state index < -0.39 is 35.8 Å². The van der Waals surface area contributed by atoms with Crippen molar-refractivity contribution < 1.29 is 35.7 Å². The highest BCUT2D eigenvalue weighted by atomic mass is 35.6. The smallest absolute Gasteiger partial charge is 0.479 e. The SMILES string of the molecule is O=C(O)C(Cl)(Cl)C(OS(=O)(=O)C(F)(F)F)C(Cl)(Cl)Cl. The molecule has 1 N–H and O–H groups in total. The van der Waals surface area contributed by atoms with Crippen molar-refractivity contribution in [2.75, 3.05) is 0 Å². The average Bonchev–Trinajstić information content (AvgIpc) is 2.10. The van der Waals surface area contributed by atoms with Gasteiger partial charge in [-0.3, -0.25) is 4.18 Å². The molecule has 0 heterocycles. The molecule has 5 nitrogen and oxygen atoms in total. The van der Waals surface area contributed by atoms with E-state index in [2.05, 4.69) is 4.18 Å².